The lowest BCUT2D eigenvalue weighted by atomic mass is 9.85. The maximum atomic E-state index is 12.5. The van der Waals surface area contributed by atoms with Crippen LogP contribution in [0, 0.1) is 23.7 Å². The summed E-state index contributed by atoms with van der Waals surface area (Å²) >= 11 is 3.29. The number of carbonyl (C=O) groups is 3. The van der Waals surface area contributed by atoms with E-state index in [2.05, 4.69) is 21.4 Å². The number of hydrazine groups is 1. The van der Waals surface area contributed by atoms with Crippen LogP contribution in [0.15, 0.2) is 40.9 Å². The van der Waals surface area contributed by atoms with Gasteiger partial charge in [0.15, 0.2) is 0 Å². The number of hydrogen-bond acceptors (Lipinski definition) is 3. The van der Waals surface area contributed by atoms with Gasteiger partial charge in [-0.05, 0) is 36.5 Å². The van der Waals surface area contributed by atoms with Crippen LogP contribution in [-0.2, 0) is 9.59 Å². The summed E-state index contributed by atoms with van der Waals surface area (Å²) in [5.41, 5.74) is 2.86. The number of allylic oxidation sites excluding steroid dienone is 2. The molecule has 5 nitrogen and oxygen atoms in total. The topological polar surface area (TPSA) is 66.5 Å². The lowest BCUT2D eigenvalue weighted by molar-refractivity contribution is -0.143. The third-order valence-corrected chi connectivity index (χ3v) is 5.26. The van der Waals surface area contributed by atoms with Crippen LogP contribution in [0.5, 0.6) is 0 Å². The fourth-order valence-electron chi connectivity index (χ4n) is 3.81. The molecule has 6 heteroatoms. The molecular weight excluding hydrogens is 348 g/mol. The summed E-state index contributed by atoms with van der Waals surface area (Å²) < 4.78 is 0.762. The molecule has 3 aliphatic rings. The number of halogens is 1. The van der Waals surface area contributed by atoms with Crippen molar-refractivity contribution in [3.05, 3.63) is 46.5 Å². The molecule has 1 aromatic carbocycles. The van der Waals surface area contributed by atoms with Gasteiger partial charge in [-0.1, -0.05) is 34.1 Å². The minimum Gasteiger partial charge on any atom is -0.272 e. The van der Waals surface area contributed by atoms with E-state index in [-0.39, 0.29) is 35.5 Å². The van der Waals surface area contributed by atoms with Gasteiger partial charge < -0.3 is 0 Å². The van der Waals surface area contributed by atoms with Crippen LogP contribution in [-0.4, -0.2) is 22.7 Å². The largest absolute Gasteiger partial charge is 0.272 e. The number of benzene rings is 1. The van der Waals surface area contributed by atoms with E-state index in [1.165, 1.54) is 0 Å². The molecule has 4 atom stereocenters. The number of rotatable bonds is 2. The van der Waals surface area contributed by atoms with Crippen molar-refractivity contribution < 1.29 is 14.4 Å². The van der Waals surface area contributed by atoms with Crippen molar-refractivity contribution in [1.29, 1.82) is 0 Å². The van der Waals surface area contributed by atoms with E-state index in [0.29, 0.717) is 5.56 Å². The van der Waals surface area contributed by atoms with Crippen LogP contribution in [0.1, 0.15) is 16.8 Å². The SMILES string of the molecule is O=C(NN1C(=O)[C@@H]2[C@H](C1=O)[C@H]1C=C[C@H]2C1)c1cccc(Br)c1. The number of fused-ring (bicyclic) bond motifs is 5. The van der Waals surface area contributed by atoms with E-state index in [0.717, 1.165) is 15.9 Å². The molecule has 1 aromatic rings. The number of nitrogens with one attached hydrogen (secondary N) is 1. The lowest BCUT2D eigenvalue weighted by Gasteiger charge is -2.18. The van der Waals surface area contributed by atoms with Crippen LogP contribution < -0.4 is 5.43 Å². The Morgan fingerprint density at radius 3 is 2.36 bits per heavy atom. The van der Waals surface area contributed by atoms with Crippen molar-refractivity contribution in [3.63, 3.8) is 0 Å². The van der Waals surface area contributed by atoms with Gasteiger partial charge in [0.1, 0.15) is 0 Å². The van der Waals surface area contributed by atoms with Gasteiger partial charge in [-0.25, -0.2) is 0 Å². The molecule has 2 fully saturated rings. The van der Waals surface area contributed by atoms with E-state index < -0.39 is 5.91 Å². The predicted octanol–water partition coefficient (Wildman–Crippen LogP) is 1.90. The van der Waals surface area contributed by atoms with E-state index in [9.17, 15) is 14.4 Å². The number of carbonyl (C=O) groups excluding carboxylic acids is 3. The zero-order valence-corrected chi connectivity index (χ0v) is 13.1. The summed E-state index contributed by atoms with van der Waals surface area (Å²) in [5, 5.41) is 0.921. The number of nitrogens with zero attached hydrogens (tertiary/aromatic N) is 1. The molecule has 22 heavy (non-hydrogen) atoms. The molecule has 0 aromatic heterocycles. The molecular formula is C16H13BrN2O3. The molecule has 3 amide bonds. The fraction of sp³-hybridized carbons (Fsp3) is 0.312. The quantitative estimate of drug-likeness (QED) is 0.646. The first-order chi connectivity index (χ1) is 10.6. The van der Waals surface area contributed by atoms with Crippen molar-refractivity contribution in [2.75, 3.05) is 0 Å². The maximum absolute atomic E-state index is 12.5. The average Bonchev–Trinajstić information content (AvgIpc) is 3.17. The second kappa shape index (κ2) is 4.78. The van der Waals surface area contributed by atoms with E-state index in [1.807, 2.05) is 12.2 Å². The van der Waals surface area contributed by atoms with Crippen LogP contribution in [0.4, 0.5) is 0 Å². The molecule has 112 valence electrons. The van der Waals surface area contributed by atoms with Gasteiger partial charge >= 0.3 is 0 Å². The first-order valence-corrected chi connectivity index (χ1v) is 7.98. The molecule has 0 radical (unpaired) electrons. The summed E-state index contributed by atoms with van der Waals surface area (Å²) in [5.74, 6) is -1.34. The Hall–Kier alpha value is -1.95. The predicted molar refractivity (Wildman–Crippen MR) is 81.2 cm³/mol. The Morgan fingerprint density at radius 1 is 1.14 bits per heavy atom. The second-order valence-electron chi connectivity index (χ2n) is 5.96. The molecule has 1 saturated carbocycles. The van der Waals surface area contributed by atoms with E-state index in [4.69, 9.17) is 0 Å². The first kappa shape index (κ1) is 13.7. The fourth-order valence-corrected chi connectivity index (χ4v) is 4.21. The average molecular weight is 361 g/mol. The number of hydrogen-bond donors (Lipinski definition) is 1. The first-order valence-electron chi connectivity index (χ1n) is 7.19. The smallest absolute Gasteiger partial charge is 0.270 e. The highest BCUT2D eigenvalue weighted by Crippen LogP contribution is 2.52. The highest BCUT2D eigenvalue weighted by atomic mass is 79.9. The minimum absolute atomic E-state index is 0.138. The molecule has 2 bridgehead atoms. The molecule has 0 spiro atoms. The molecule has 2 aliphatic carbocycles. The monoisotopic (exact) mass is 360 g/mol. The molecule has 4 rings (SSSR count). The van der Waals surface area contributed by atoms with Crippen LogP contribution >= 0.6 is 15.9 Å². The van der Waals surface area contributed by atoms with Crippen molar-refractivity contribution in [3.8, 4) is 0 Å². The van der Waals surface area contributed by atoms with E-state index >= 15 is 0 Å². The second-order valence-corrected chi connectivity index (χ2v) is 6.88. The van der Waals surface area contributed by atoms with Crippen molar-refractivity contribution in [2.24, 2.45) is 23.7 Å². The van der Waals surface area contributed by atoms with Crippen molar-refractivity contribution >= 4 is 33.7 Å². The molecule has 0 unspecified atom stereocenters. The Labute approximate surface area is 135 Å². The molecule has 1 aliphatic heterocycles. The summed E-state index contributed by atoms with van der Waals surface area (Å²) in [6.07, 6.45) is 4.92. The zero-order chi connectivity index (χ0) is 15.4. The zero-order valence-electron chi connectivity index (χ0n) is 11.5. The van der Waals surface area contributed by atoms with Gasteiger partial charge in [0.2, 0.25) is 0 Å². The minimum atomic E-state index is -0.455. The lowest BCUT2D eigenvalue weighted by Crippen LogP contribution is -2.47. The summed E-state index contributed by atoms with van der Waals surface area (Å²) in [6.45, 7) is 0. The summed E-state index contributed by atoms with van der Waals surface area (Å²) in [6, 6.07) is 6.81. The van der Waals surface area contributed by atoms with Gasteiger partial charge in [-0.3, -0.25) is 19.8 Å². The molecule has 1 heterocycles. The summed E-state index contributed by atoms with van der Waals surface area (Å²) in [7, 11) is 0. The van der Waals surface area contributed by atoms with Crippen molar-refractivity contribution in [1.82, 2.24) is 10.4 Å². The third kappa shape index (κ3) is 1.86. The Balaban J connectivity index is 1.56. The van der Waals surface area contributed by atoms with Gasteiger partial charge in [-0.2, -0.15) is 5.01 Å². The van der Waals surface area contributed by atoms with Gasteiger partial charge in [0, 0.05) is 10.0 Å². The standard InChI is InChI=1S/C16H13BrN2O3/c17-11-3-1-2-10(7-11)14(20)18-19-15(21)12-8-4-5-9(6-8)13(12)16(19)22/h1-5,7-9,12-13H,6H2,(H,18,20)/t8-,9-,12-,13+/m0/s1. The van der Waals surface area contributed by atoms with E-state index in [1.54, 1.807) is 24.3 Å². The summed E-state index contributed by atoms with van der Waals surface area (Å²) in [4.78, 5) is 37.2. The highest BCUT2D eigenvalue weighted by molar-refractivity contribution is 9.10. The Kier molecular flexibility index (Phi) is 2.97. The van der Waals surface area contributed by atoms with Crippen LogP contribution in [0.25, 0.3) is 0 Å². The molecule has 1 saturated heterocycles. The van der Waals surface area contributed by atoms with Crippen LogP contribution in [0.3, 0.4) is 0 Å². The van der Waals surface area contributed by atoms with Gasteiger partial charge in [-0.15, -0.1) is 0 Å². The normalized spacial score (nSPS) is 31.8. The number of imide groups is 1. The Bertz CT molecular complexity index is 700. The van der Waals surface area contributed by atoms with Crippen LogP contribution in [0.2, 0.25) is 0 Å². The van der Waals surface area contributed by atoms with Gasteiger partial charge in [0.25, 0.3) is 17.7 Å². The third-order valence-electron chi connectivity index (χ3n) is 4.77. The van der Waals surface area contributed by atoms with Crippen molar-refractivity contribution in [2.45, 2.75) is 6.42 Å². The number of amides is 3. The highest BCUT2D eigenvalue weighted by Gasteiger charge is 2.59. The maximum Gasteiger partial charge on any atom is 0.270 e. The van der Waals surface area contributed by atoms with Gasteiger partial charge in [0.05, 0.1) is 11.8 Å². The molecule has 1 N–H and O–H groups in total. The Morgan fingerprint density at radius 2 is 1.77 bits per heavy atom.